The van der Waals surface area contributed by atoms with Gasteiger partial charge in [0, 0.05) is 16.7 Å². The van der Waals surface area contributed by atoms with Gasteiger partial charge in [0.05, 0.1) is 12.7 Å². The number of fused-ring (bicyclic) bond motifs is 5. The van der Waals surface area contributed by atoms with E-state index >= 15 is 0 Å². The molecule has 0 aromatic carbocycles. The van der Waals surface area contributed by atoms with Gasteiger partial charge in [0.2, 0.25) is 5.78 Å². The molecule has 0 bridgehead atoms. The second-order valence-electron chi connectivity index (χ2n) is 10.7. The Balaban J connectivity index is 1.67. The Kier molecular flexibility index (Phi) is 6.33. The van der Waals surface area contributed by atoms with Gasteiger partial charge in [-0.3, -0.25) is 9.59 Å². The molecule has 3 saturated carbocycles. The summed E-state index contributed by atoms with van der Waals surface area (Å²) in [6, 6.07) is 0. The molecule has 0 heterocycles. The first-order valence-electron chi connectivity index (χ1n) is 12.2. The van der Waals surface area contributed by atoms with Crippen molar-refractivity contribution in [2.75, 3.05) is 13.2 Å². The summed E-state index contributed by atoms with van der Waals surface area (Å²) in [5, 5.41) is 21.3. The Morgan fingerprint density at radius 3 is 2.70 bits per heavy atom. The number of hydrogen-bond acceptors (Lipinski definition) is 7. The van der Waals surface area contributed by atoms with Crippen LogP contribution >= 0.6 is 0 Å². The number of carbonyl (C=O) groups excluding carboxylic acids is 3. The monoisotopic (exact) mass is 460 g/mol. The standard InChI is InChI=1S/C26H36O7/c1-4-5-12-32-23(31)33-26(21(30)15-27)11-9-19-18-7-6-16-13-17(28)8-10-24(16,2)22(18)20(29)14-25(19,26)3/h8,10,13,18-20,22,27,29H,4-7,9,11-12,14-15H2,1-3H3/t18-,19-,20?,22+,24-,25-,26-/m0/s1. The summed E-state index contributed by atoms with van der Waals surface area (Å²) in [5.41, 5.74) is -1.69. The number of rotatable bonds is 6. The fourth-order valence-electron chi connectivity index (χ4n) is 7.60. The molecule has 7 nitrogen and oxygen atoms in total. The van der Waals surface area contributed by atoms with Crippen molar-refractivity contribution >= 4 is 17.7 Å². The first kappa shape index (κ1) is 24.1. The van der Waals surface area contributed by atoms with Crippen LogP contribution in [0.25, 0.3) is 0 Å². The van der Waals surface area contributed by atoms with Crippen molar-refractivity contribution in [3.05, 3.63) is 23.8 Å². The van der Waals surface area contributed by atoms with Crippen LogP contribution in [0.3, 0.4) is 0 Å². The molecule has 0 spiro atoms. The van der Waals surface area contributed by atoms with Gasteiger partial charge in [0.1, 0.15) is 6.61 Å². The number of allylic oxidation sites excluding steroid dienone is 4. The summed E-state index contributed by atoms with van der Waals surface area (Å²) in [5.74, 6) is -0.492. The van der Waals surface area contributed by atoms with Crippen LogP contribution in [0, 0.1) is 28.6 Å². The van der Waals surface area contributed by atoms with Crippen molar-refractivity contribution in [1.29, 1.82) is 0 Å². The molecule has 0 aromatic rings. The van der Waals surface area contributed by atoms with E-state index in [0.717, 1.165) is 24.8 Å². The van der Waals surface area contributed by atoms with Crippen molar-refractivity contribution in [1.82, 2.24) is 0 Å². The Bertz CT molecular complexity index is 891. The first-order valence-corrected chi connectivity index (χ1v) is 12.2. The summed E-state index contributed by atoms with van der Waals surface area (Å²) in [6.07, 6.45) is 7.97. The van der Waals surface area contributed by atoms with Gasteiger partial charge in [-0.2, -0.15) is 0 Å². The van der Waals surface area contributed by atoms with Crippen LogP contribution in [-0.4, -0.2) is 52.9 Å². The lowest BCUT2D eigenvalue weighted by molar-refractivity contribution is -0.183. The minimum Gasteiger partial charge on any atom is -0.434 e. The lowest BCUT2D eigenvalue weighted by Gasteiger charge is -2.59. The number of carbonyl (C=O) groups is 3. The van der Waals surface area contributed by atoms with Crippen LogP contribution in [0.15, 0.2) is 23.8 Å². The highest BCUT2D eigenvalue weighted by atomic mass is 16.7. The highest BCUT2D eigenvalue weighted by molar-refractivity contribution is 6.01. The smallest absolute Gasteiger partial charge is 0.434 e. The molecule has 0 amide bonds. The second kappa shape index (κ2) is 8.66. The van der Waals surface area contributed by atoms with Crippen molar-refractivity contribution in [2.24, 2.45) is 28.6 Å². The van der Waals surface area contributed by atoms with Crippen molar-refractivity contribution in [2.45, 2.75) is 77.4 Å². The zero-order valence-electron chi connectivity index (χ0n) is 19.8. The van der Waals surface area contributed by atoms with Crippen LogP contribution in [-0.2, 0) is 19.1 Å². The highest BCUT2D eigenvalue weighted by Crippen LogP contribution is 2.67. The first-order chi connectivity index (χ1) is 15.6. The lowest BCUT2D eigenvalue weighted by Crippen LogP contribution is -2.63. The predicted molar refractivity (Wildman–Crippen MR) is 120 cm³/mol. The van der Waals surface area contributed by atoms with E-state index in [1.54, 1.807) is 12.2 Å². The SMILES string of the molecule is CCCCOC(=O)O[C@]1(C(=O)CO)CC[C@H]2[C@@H]3CCC4=CC(=O)C=C[C@]4(C)[C@H]3C(O)C[C@@]21C. The Morgan fingerprint density at radius 2 is 2.00 bits per heavy atom. The van der Waals surface area contributed by atoms with Crippen molar-refractivity contribution in [3.8, 4) is 0 Å². The summed E-state index contributed by atoms with van der Waals surface area (Å²) in [7, 11) is 0. The fourth-order valence-corrected chi connectivity index (χ4v) is 7.60. The fraction of sp³-hybridized carbons (Fsp3) is 0.731. The lowest BCUT2D eigenvalue weighted by atomic mass is 9.46. The van der Waals surface area contributed by atoms with Crippen molar-refractivity contribution in [3.63, 3.8) is 0 Å². The number of unbranched alkanes of at least 4 members (excludes halogenated alkanes) is 1. The molecular weight excluding hydrogens is 424 g/mol. The normalized spacial score (nSPS) is 41.5. The Morgan fingerprint density at radius 1 is 1.24 bits per heavy atom. The number of ketones is 2. The predicted octanol–water partition coefficient (Wildman–Crippen LogP) is 3.52. The molecule has 3 fully saturated rings. The molecule has 4 aliphatic carbocycles. The summed E-state index contributed by atoms with van der Waals surface area (Å²) in [6.45, 7) is 5.48. The van der Waals surface area contributed by atoms with Gasteiger partial charge < -0.3 is 19.7 Å². The maximum atomic E-state index is 13.1. The maximum absolute atomic E-state index is 13.1. The molecule has 0 saturated heterocycles. The van der Waals surface area contributed by atoms with E-state index < -0.39 is 41.1 Å². The van der Waals surface area contributed by atoms with E-state index in [1.807, 2.05) is 19.9 Å². The van der Waals surface area contributed by atoms with E-state index in [-0.39, 0.29) is 36.6 Å². The van der Waals surface area contributed by atoms with Gasteiger partial charge in [0.25, 0.3) is 0 Å². The van der Waals surface area contributed by atoms with Gasteiger partial charge in [0.15, 0.2) is 11.4 Å². The zero-order valence-corrected chi connectivity index (χ0v) is 19.8. The third-order valence-electron chi connectivity index (χ3n) is 9.19. The van der Waals surface area contributed by atoms with Crippen LogP contribution < -0.4 is 0 Å². The van der Waals surface area contributed by atoms with Gasteiger partial charge in [-0.05, 0) is 62.5 Å². The third-order valence-corrected chi connectivity index (χ3v) is 9.19. The van der Waals surface area contributed by atoms with E-state index in [9.17, 15) is 24.6 Å². The molecule has 182 valence electrons. The minimum absolute atomic E-state index is 0.0144. The molecule has 4 rings (SSSR count). The second-order valence-corrected chi connectivity index (χ2v) is 10.7. The molecule has 1 unspecified atom stereocenters. The molecule has 7 heteroatoms. The molecular formula is C26H36O7. The molecule has 33 heavy (non-hydrogen) atoms. The molecule has 4 aliphatic rings. The van der Waals surface area contributed by atoms with Crippen LogP contribution in [0.5, 0.6) is 0 Å². The highest BCUT2D eigenvalue weighted by Gasteiger charge is 2.70. The largest absolute Gasteiger partial charge is 0.509 e. The van der Waals surface area contributed by atoms with Gasteiger partial charge in [-0.1, -0.05) is 38.8 Å². The summed E-state index contributed by atoms with van der Waals surface area (Å²) < 4.78 is 11.0. The summed E-state index contributed by atoms with van der Waals surface area (Å²) in [4.78, 5) is 37.7. The number of aliphatic hydroxyl groups is 2. The van der Waals surface area contributed by atoms with E-state index in [0.29, 0.717) is 19.3 Å². The van der Waals surface area contributed by atoms with Crippen molar-refractivity contribution < 1.29 is 34.1 Å². The van der Waals surface area contributed by atoms with E-state index in [4.69, 9.17) is 9.47 Å². The minimum atomic E-state index is -1.52. The molecule has 0 aromatic heterocycles. The average molecular weight is 461 g/mol. The quantitative estimate of drug-likeness (QED) is 0.461. The molecule has 0 radical (unpaired) electrons. The van der Waals surface area contributed by atoms with Gasteiger partial charge >= 0.3 is 6.16 Å². The number of hydrogen-bond donors (Lipinski definition) is 2. The third kappa shape index (κ3) is 3.59. The number of Topliss-reactive ketones (excluding diaryl/α,β-unsaturated/α-hetero) is 1. The van der Waals surface area contributed by atoms with Crippen LogP contribution in [0.2, 0.25) is 0 Å². The average Bonchev–Trinajstić information content (AvgIpc) is 3.06. The molecule has 2 N–H and O–H groups in total. The van der Waals surface area contributed by atoms with E-state index in [2.05, 4.69) is 6.92 Å². The van der Waals surface area contributed by atoms with Crippen LogP contribution in [0.4, 0.5) is 4.79 Å². The maximum Gasteiger partial charge on any atom is 0.509 e. The van der Waals surface area contributed by atoms with Gasteiger partial charge in [-0.15, -0.1) is 0 Å². The number of ether oxygens (including phenoxy) is 2. The summed E-state index contributed by atoms with van der Waals surface area (Å²) >= 11 is 0. The van der Waals surface area contributed by atoms with Crippen LogP contribution in [0.1, 0.15) is 65.7 Å². The number of aliphatic hydroxyl groups excluding tert-OH is 2. The molecule has 7 atom stereocenters. The Labute approximate surface area is 195 Å². The topological polar surface area (TPSA) is 110 Å². The van der Waals surface area contributed by atoms with Gasteiger partial charge in [-0.25, -0.2) is 4.79 Å². The molecule has 0 aliphatic heterocycles. The van der Waals surface area contributed by atoms with E-state index in [1.165, 1.54) is 0 Å². The zero-order chi connectivity index (χ0) is 24.0. The Hall–Kier alpha value is -1.99.